The molecule has 9 nitrogen and oxygen atoms in total. The third kappa shape index (κ3) is 6.08. The van der Waals surface area contributed by atoms with E-state index in [1.54, 1.807) is 13.2 Å². The molecule has 3 N–H and O–H groups in total. The van der Waals surface area contributed by atoms with E-state index in [1.165, 1.54) is 37.6 Å². The summed E-state index contributed by atoms with van der Waals surface area (Å²) in [5.74, 6) is 2.28. The third-order valence-electron chi connectivity index (χ3n) is 7.59. The lowest BCUT2D eigenvalue weighted by molar-refractivity contribution is 0.0528. The second-order valence-corrected chi connectivity index (χ2v) is 11.1. The van der Waals surface area contributed by atoms with Crippen LogP contribution in [0, 0.1) is 5.41 Å². The number of nitrogens with zero attached hydrogens (tertiary/aromatic N) is 3. The molecule has 1 atom stereocenters. The molecule has 1 amide bonds. The highest BCUT2D eigenvalue weighted by Crippen LogP contribution is 2.54. The second kappa shape index (κ2) is 11.4. The van der Waals surface area contributed by atoms with E-state index in [1.807, 2.05) is 31.2 Å². The van der Waals surface area contributed by atoms with Crippen LogP contribution in [-0.2, 0) is 4.74 Å². The summed E-state index contributed by atoms with van der Waals surface area (Å²) in [5, 5.41) is 12.1. The summed E-state index contributed by atoms with van der Waals surface area (Å²) >= 11 is 1.45. The van der Waals surface area contributed by atoms with Gasteiger partial charge in [0.2, 0.25) is 0 Å². The number of aliphatic hydroxyl groups excluding tert-OH is 1. The van der Waals surface area contributed by atoms with Crippen molar-refractivity contribution in [3.05, 3.63) is 35.9 Å². The number of rotatable bonds is 9. The predicted octanol–water partition coefficient (Wildman–Crippen LogP) is 4.00. The molecule has 1 aromatic carbocycles. The van der Waals surface area contributed by atoms with E-state index in [9.17, 15) is 4.79 Å². The average molecular weight is 528 g/mol. The van der Waals surface area contributed by atoms with Crippen LogP contribution in [0.15, 0.2) is 30.3 Å². The number of ether oxygens (including phenoxy) is 2. The first-order valence-electron chi connectivity index (χ1n) is 13.1. The van der Waals surface area contributed by atoms with Crippen molar-refractivity contribution in [3.8, 4) is 5.75 Å². The van der Waals surface area contributed by atoms with E-state index < -0.39 is 0 Å². The number of methoxy groups -OCH3 is 1. The number of piperidine rings is 1. The van der Waals surface area contributed by atoms with Gasteiger partial charge in [0.1, 0.15) is 5.82 Å². The molecule has 5 rings (SSSR count). The number of morpholine rings is 1. The minimum absolute atomic E-state index is 0.100. The summed E-state index contributed by atoms with van der Waals surface area (Å²) in [5.41, 5.74) is 3.02. The van der Waals surface area contributed by atoms with Crippen LogP contribution in [0.1, 0.15) is 43.0 Å². The maximum atomic E-state index is 13.6. The summed E-state index contributed by atoms with van der Waals surface area (Å²) in [6.07, 6.45) is 5.11. The molecule has 1 saturated carbocycles. The summed E-state index contributed by atoms with van der Waals surface area (Å²) in [6, 6.07) is 9.47. The number of aliphatic hydroxyl groups is 1. The largest absolute Gasteiger partial charge is 0.493 e. The van der Waals surface area contributed by atoms with Gasteiger partial charge >= 0.3 is 0 Å². The molecule has 2 aliphatic heterocycles. The van der Waals surface area contributed by atoms with Crippen molar-refractivity contribution in [1.29, 1.82) is 0 Å². The van der Waals surface area contributed by atoms with E-state index in [-0.39, 0.29) is 18.6 Å². The molecule has 0 radical (unpaired) electrons. The lowest BCUT2D eigenvalue weighted by atomic mass is 9.93. The van der Waals surface area contributed by atoms with Crippen LogP contribution >= 0.6 is 11.9 Å². The van der Waals surface area contributed by atoms with Gasteiger partial charge in [-0.1, -0.05) is 11.9 Å². The standard InChI is InChI=1S/C27H37N5O4S/c1-19-18-32(13-15-36-19)25-23(35-2)5-6-24(28-25)29-26(34)21-4-3-20(30-37-16-14-33)17-22(21)31-11-9-27(7-8-27)10-12-31/h3-6,17,19,30,33H,7-16,18H2,1-2H3,(H,28,29,34). The van der Waals surface area contributed by atoms with Gasteiger partial charge in [-0.3, -0.25) is 4.79 Å². The normalized spacial score (nSPS) is 20.6. The molecule has 1 spiro atoms. The Morgan fingerprint density at radius 2 is 2.00 bits per heavy atom. The van der Waals surface area contributed by atoms with Crippen LogP contribution in [-0.4, -0.2) is 74.4 Å². The molecule has 2 aromatic rings. The number of pyridine rings is 1. The summed E-state index contributed by atoms with van der Waals surface area (Å²) in [4.78, 5) is 22.8. The molecule has 37 heavy (non-hydrogen) atoms. The smallest absolute Gasteiger partial charge is 0.258 e. The van der Waals surface area contributed by atoms with E-state index in [2.05, 4.69) is 19.8 Å². The molecule has 1 unspecified atom stereocenters. The number of hydrogen-bond donors (Lipinski definition) is 3. The zero-order chi connectivity index (χ0) is 25.8. The van der Waals surface area contributed by atoms with Gasteiger partial charge in [-0.2, -0.15) is 0 Å². The Kier molecular flexibility index (Phi) is 7.97. The van der Waals surface area contributed by atoms with Gasteiger partial charge < -0.3 is 34.4 Å². The highest BCUT2D eigenvalue weighted by Gasteiger charge is 2.44. The topological polar surface area (TPSA) is 99.2 Å². The highest BCUT2D eigenvalue weighted by atomic mass is 32.2. The van der Waals surface area contributed by atoms with Gasteiger partial charge in [0.25, 0.3) is 5.91 Å². The fourth-order valence-electron chi connectivity index (χ4n) is 5.21. The van der Waals surface area contributed by atoms with Crippen molar-refractivity contribution in [1.82, 2.24) is 4.98 Å². The minimum atomic E-state index is -0.185. The molecular formula is C27H37N5O4S. The lowest BCUT2D eigenvalue weighted by Crippen LogP contribution is -2.41. The highest BCUT2D eigenvalue weighted by molar-refractivity contribution is 8.00. The zero-order valence-corrected chi connectivity index (χ0v) is 22.5. The first-order valence-corrected chi connectivity index (χ1v) is 14.1. The van der Waals surface area contributed by atoms with E-state index >= 15 is 0 Å². The van der Waals surface area contributed by atoms with Crippen LogP contribution in [0.2, 0.25) is 0 Å². The summed E-state index contributed by atoms with van der Waals surface area (Å²) < 4.78 is 14.5. The number of nitrogens with one attached hydrogen (secondary N) is 2. The number of benzene rings is 1. The van der Waals surface area contributed by atoms with Gasteiger partial charge in [0, 0.05) is 37.6 Å². The van der Waals surface area contributed by atoms with Crippen molar-refractivity contribution in [3.63, 3.8) is 0 Å². The molecular weight excluding hydrogens is 490 g/mol. The summed E-state index contributed by atoms with van der Waals surface area (Å²) in [7, 11) is 1.63. The number of hydrogen-bond acceptors (Lipinski definition) is 9. The molecule has 3 fully saturated rings. The number of amides is 1. The molecule has 10 heteroatoms. The van der Waals surface area contributed by atoms with Crippen molar-refractivity contribution in [2.45, 2.75) is 38.7 Å². The van der Waals surface area contributed by atoms with Gasteiger partial charge in [-0.05, 0) is 68.4 Å². The van der Waals surface area contributed by atoms with Gasteiger partial charge in [-0.25, -0.2) is 4.98 Å². The second-order valence-electron chi connectivity index (χ2n) is 10.2. The van der Waals surface area contributed by atoms with Crippen LogP contribution < -0.4 is 24.6 Å². The Labute approximate surface area is 223 Å². The predicted molar refractivity (Wildman–Crippen MR) is 149 cm³/mol. The Balaban J connectivity index is 1.37. The monoisotopic (exact) mass is 527 g/mol. The Morgan fingerprint density at radius 1 is 1.19 bits per heavy atom. The van der Waals surface area contributed by atoms with Crippen LogP contribution in [0.5, 0.6) is 5.75 Å². The molecule has 2 saturated heterocycles. The number of aromatic nitrogens is 1. The number of carbonyl (C=O) groups excluding carboxylic acids is 1. The Hall–Kier alpha value is -2.69. The number of anilines is 4. The van der Waals surface area contributed by atoms with Gasteiger partial charge in [-0.15, -0.1) is 0 Å². The maximum Gasteiger partial charge on any atom is 0.258 e. The van der Waals surface area contributed by atoms with Crippen molar-refractivity contribution in [2.24, 2.45) is 5.41 Å². The molecule has 3 heterocycles. The van der Waals surface area contributed by atoms with Crippen LogP contribution in [0.3, 0.4) is 0 Å². The van der Waals surface area contributed by atoms with Crippen molar-refractivity contribution >= 4 is 40.9 Å². The average Bonchev–Trinajstić information content (AvgIpc) is 3.67. The van der Waals surface area contributed by atoms with E-state index in [4.69, 9.17) is 19.6 Å². The van der Waals surface area contributed by atoms with Crippen molar-refractivity contribution < 1.29 is 19.4 Å². The fraction of sp³-hybridized carbons (Fsp3) is 0.556. The van der Waals surface area contributed by atoms with Crippen molar-refractivity contribution in [2.75, 3.05) is 72.1 Å². The van der Waals surface area contributed by atoms with Crippen LogP contribution in [0.25, 0.3) is 0 Å². The maximum absolute atomic E-state index is 13.6. The summed E-state index contributed by atoms with van der Waals surface area (Å²) in [6.45, 7) is 6.11. The van der Waals surface area contributed by atoms with E-state index in [0.29, 0.717) is 53.8 Å². The molecule has 3 aliphatic rings. The Bertz CT molecular complexity index is 1100. The molecule has 0 bridgehead atoms. The molecule has 1 aliphatic carbocycles. The first-order chi connectivity index (χ1) is 18.0. The van der Waals surface area contributed by atoms with Gasteiger partial charge in [0.15, 0.2) is 11.6 Å². The Morgan fingerprint density at radius 3 is 2.70 bits per heavy atom. The lowest BCUT2D eigenvalue weighted by Gasteiger charge is -2.35. The van der Waals surface area contributed by atoms with Crippen LogP contribution in [0.4, 0.5) is 23.0 Å². The minimum Gasteiger partial charge on any atom is -0.493 e. The quantitative estimate of drug-likeness (QED) is 0.330. The van der Waals surface area contributed by atoms with E-state index in [0.717, 1.165) is 24.5 Å². The molecule has 1 aromatic heterocycles. The molecule has 200 valence electrons. The first kappa shape index (κ1) is 25.9. The zero-order valence-electron chi connectivity index (χ0n) is 21.7. The van der Waals surface area contributed by atoms with Gasteiger partial charge in [0.05, 0.1) is 37.7 Å². The fourth-order valence-corrected chi connectivity index (χ4v) is 5.70. The third-order valence-corrected chi connectivity index (χ3v) is 8.36. The number of carbonyl (C=O) groups is 1. The SMILES string of the molecule is COc1ccc(NC(=O)c2ccc(NSCCO)cc2N2CCC3(CC2)CC3)nc1N1CCOC(C)C1.